The average Bonchev–Trinajstić information content (AvgIpc) is 3.21. The fourth-order valence-electron chi connectivity index (χ4n) is 10.7. The molecule has 4 rings (SSSR count). The molecule has 356 valence electrons. The van der Waals surface area contributed by atoms with Crippen LogP contribution in [0.2, 0.25) is 0 Å². The topological polar surface area (TPSA) is 187 Å². The van der Waals surface area contributed by atoms with E-state index < -0.39 is 102 Å². The van der Waals surface area contributed by atoms with E-state index in [4.69, 9.17) is 42.9 Å². The van der Waals surface area contributed by atoms with E-state index in [0.29, 0.717) is 25.2 Å². The number of aliphatic imine (C=N–C) groups is 1. The minimum Gasteiger partial charge on any atom is -0.459 e. The van der Waals surface area contributed by atoms with Crippen molar-refractivity contribution >= 4 is 11.7 Å². The Balaban J connectivity index is 1.96. The number of hydrogen-bond acceptors (Lipinski definition) is 15. The summed E-state index contributed by atoms with van der Waals surface area (Å²) in [5.74, 6) is -3.39. The Bertz CT molecular complexity index is 1420. The first kappa shape index (κ1) is 52.3. The molecule has 4 fully saturated rings. The maximum atomic E-state index is 14.6. The molecule has 0 amide bonds. The highest BCUT2D eigenvalue weighted by molar-refractivity contribution is 5.89. The molecule has 0 aromatic rings. The highest BCUT2D eigenvalue weighted by Gasteiger charge is 2.54. The van der Waals surface area contributed by atoms with E-state index in [1.807, 2.05) is 60.5 Å². The third kappa shape index (κ3) is 11.6. The second-order valence-electron chi connectivity index (χ2n) is 19.7. The number of rotatable bonds is 11. The Labute approximate surface area is 366 Å². The van der Waals surface area contributed by atoms with Crippen LogP contribution in [-0.2, 0) is 42.7 Å². The van der Waals surface area contributed by atoms with Gasteiger partial charge in [0.2, 0.25) is 0 Å². The standard InChI is InChI=1S/C46H84N2O13/c1-16-33-45(11,53)38(50)28(5)35(47-46(56-17-2)21-19-18-20-22-46)26(3)24-44(10,55-15)40(61-42-36(49)32(48(12)13)23-27(4)57-42)29(6)37(30(7)41(52)59-33)60-34-25-43(9,54-14)39(51)31(8)58-34/h26-34,36-40,42,49-51,53H,16-25H2,1-15H3/b47-35+/t26-,27-,28+,29+,30-,31+,32+,33-,34+,36-,37+,38-,39+,40?,42+,43-,44-,45-/m1/s1. The number of nitrogens with zero attached hydrogens (tertiary/aromatic N) is 2. The second-order valence-corrected chi connectivity index (χ2v) is 19.7. The number of aliphatic hydroxyl groups is 4. The van der Waals surface area contributed by atoms with Gasteiger partial charge in [-0.3, -0.25) is 9.79 Å². The lowest BCUT2D eigenvalue weighted by atomic mass is 9.73. The summed E-state index contributed by atoms with van der Waals surface area (Å²) in [5, 5.41) is 47.5. The van der Waals surface area contributed by atoms with Crippen molar-refractivity contribution in [3.8, 4) is 0 Å². The molecule has 3 aliphatic heterocycles. The molecule has 0 aromatic heterocycles. The Hall–Kier alpha value is -1.34. The zero-order valence-electron chi connectivity index (χ0n) is 40.1. The van der Waals surface area contributed by atoms with Gasteiger partial charge in [0.25, 0.3) is 0 Å². The van der Waals surface area contributed by atoms with Gasteiger partial charge in [-0.25, -0.2) is 0 Å². The van der Waals surface area contributed by atoms with E-state index in [9.17, 15) is 25.2 Å². The smallest absolute Gasteiger partial charge is 0.311 e. The highest BCUT2D eigenvalue weighted by atomic mass is 16.7. The van der Waals surface area contributed by atoms with Crippen LogP contribution in [0.25, 0.3) is 0 Å². The van der Waals surface area contributed by atoms with Crippen LogP contribution in [0.5, 0.6) is 0 Å². The molecule has 0 spiro atoms. The van der Waals surface area contributed by atoms with E-state index in [0.717, 1.165) is 32.1 Å². The quantitative estimate of drug-likeness (QED) is 0.203. The van der Waals surface area contributed by atoms with Crippen molar-refractivity contribution in [1.29, 1.82) is 0 Å². The van der Waals surface area contributed by atoms with Gasteiger partial charge in [0.05, 0.1) is 47.6 Å². The fourth-order valence-corrected chi connectivity index (χ4v) is 10.7. The van der Waals surface area contributed by atoms with Crippen LogP contribution in [0.4, 0.5) is 0 Å². The summed E-state index contributed by atoms with van der Waals surface area (Å²) in [6, 6.07) is -0.267. The van der Waals surface area contributed by atoms with Crippen LogP contribution in [0.1, 0.15) is 134 Å². The zero-order valence-corrected chi connectivity index (χ0v) is 40.1. The van der Waals surface area contributed by atoms with Crippen LogP contribution >= 0.6 is 0 Å². The number of carbonyl (C=O) groups is 1. The summed E-state index contributed by atoms with van der Waals surface area (Å²) in [6.07, 6.45) is -3.63. The monoisotopic (exact) mass is 873 g/mol. The first-order valence-corrected chi connectivity index (χ1v) is 23.0. The minimum absolute atomic E-state index is 0.147. The van der Waals surface area contributed by atoms with Crippen LogP contribution in [0, 0.1) is 23.7 Å². The molecule has 3 saturated heterocycles. The van der Waals surface area contributed by atoms with Gasteiger partial charge in [0.15, 0.2) is 18.3 Å². The first-order valence-electron chi connectivity index (χ1n) is 23.0. The minimum atomic E-state index is -1.88. The molecule has 0 radical (unpaired) electrons. The number of ether oxygens (including phenoxy) is 8. The van der Waals surface area contributed by atoms with Gasteiger partial charge in [0.1, 0.15) is 23.9 Å². The Morgan fingerprint density at radius 2 is 1.46 bits per heavy atom. The predicted molar refractivity (Wildman–Crippen MR) is 231 cm³/mol. The molecule has 15 heteroatoms. The number of hydrogen-bond donors (Lipinski definition) is 4. The number of esters is 1. The molecule has 1 aliphatic carbocycles. The van der Waals surface area contributed by atoms with Crippen molar-refractivity contribution in [2.45, 2.75) is 224 Å². The maximum Gasteiger partial charge on any atom is 0.311 e. The average molecular weight is 873 g/mol. The van der Waals surface area contributed by atoms with Crippen LogP contribution in [0.3, 0.4) is 0 Å². The Kier molecular flexibility index (Phi) is 18.3. The van der Waals surface area contributed by atoms with E-state index in [2.05, 4.69) is 0 Å². The molecule has 15 nitrogen and oxygen atoms in total. The summed E-state index contributed by atoms with van der Waals surface area (Å²) in [6.45, 7) is 20.7. The van der Waals surface area contributed by atoms with E-state index >= 15 is 0 Å². The first-order chi connectivity index (χ1) is 28.4. The lowest BCUT2D eigenvalue weighted by Crippen LogP contribution is -2.61. The molecule has 0 bridgehead atoms. The van der Waals surface area contributed by atoms with E-state index in [1.165, 1.54) is 14.0 Å². The van der Waals surface area contributed by atoms with Crippen molar-refractivity contribution in [2.75, 3.05) is 34.9 Å². The second kappa shape index (κ2) is 21.3. The number of cyclic esters (lactones) is 1. The molecule has 4 aliphatic rings. The number of aliphatic hydroxyl groups excluding tert-OH is 3. The molecule has 0 aromatic carbocycles. The number of methoxy groups -OCH3 is 2. The molecular weight excluding hydrogens is 789 g/mol. The normalized spacial score (nSPS) is 46.6. The lowest BCUT2D eigenvalue weighted by molar-refractivity contribution is -0.319. The molecule has 3 heterocycles. The van der Waals surface area contributed by atoms with Crippen molar-refractivity contribution in [2.24, 2.45) is 28.7 Å². The molecule has 1 unspecified atom stereocenters. The van der Waals surface area contributed by atoms with Gasteiger partial charge in [-0.1, -0.05) is 34.1 Å². The largest absolute Gasteiger partial charge is 0.459 e. The zero-order chi connectivity index (χ0) is 45.8. The van der Waals surface area contributed by atoms with Crippen molar-refractivity contribution in [3.63, 3.8) is 0 Å². The van der Waals surface area contributed by atoms with Gasteiger partial charge in [0, 0.05) is 50.8 Å². The Morgan fingerprint density at radius 1 is 0.836 bits per heavy atom. The lowest BCUT2D eigenvalue weighted by Gasteiger charge is -2.50. The molecule has 4 N–H and O–H groups in total. The van der Waals surface area contributed by atoms with Gasteiger partial charge in [-0.15, -0.1) is 0 Å². The summed E-state index contributed by atoms with van der Waals surface area (Å²) in [4.78, 5) is 22.0. The maximum absolute atomic E-state index is 14.6. The SMILES string of the molecule is CCOC1(/N=C2\[C@H](C)C[C@@](C)(OC)C(O[C@@H]3O[C@H](C)C[C@H](N(C)C)[C@H]3O)[C@@H](C)[C@H](O[C@H]3C[C@@](C)(OC)[C@@H](O)[C@H](C)O3)[C@@H](C)C(=O)O[C@H](CC)[C@@](C)(O)[C@H](O)[C@H]2C)CCCCC1. The van der Waals surface area contributed by atoms with Crippen LogP contribution < -0.4 is 0 Å². The fraction of sp³-hybridized carbons (Fsp3) is 0.957. The van der Waals surface area contributed by atoms with Gasteiger partial charge in [-0.2, -0.15) is 0 Å². The van der Waals surface area contributed by atoms with E-state index in [-0.39, 0.29) is 30.9 Å². The molecular formula is C46H84N2O13. The molecule has 61 heavy (non-hydrogen) atoms. The van der Waals surface area contributed by atoms with Crippen LogP contribution in [-0.4, -0.2) is 162 Å². The summed E-state index contributed by atoms with van der Waals surface area (Å²) >= 11 is 0. The van der Waals surface area contributed by atoms with Gasteiger partial charge >= 0.3 is 5.97 Å². The Morgan fingerprint density at radius 3 is 2.02 bits per heavy atom. The van der Waals surface area contributed by atoms with Crippen molar-refractivity contribution in [3.05, 3.63) is 0 Å². The third-order valence-corrected chi connectivity index (χ3v) is 14.7. The van der Waals surface area contributed by atoms with Gasteiger partial charge < -0.3 is 63.2 Å². The molecule has 1 saturated carbocycles. The highest BCUT2D eigenvalue weighted by Crippen LogP contribution is 2.43. The van der Waals surface area contributed by atoms with Gasteiger partial charge in [-0.05, 0) is 113 Å². The third-order valence-electron chi connectivity index (χ3n) is 14.7. The summed E-state index contributed by atoms with van der Waals surface area (Å²) < 4.78 is 51.7. The predicted octanol–water partition coefficient (Wildman–Crippen LogP) is 5.01. The van der Waals surface area contributed by atoms with Crippen molar-refractivity contribution < 1.29 is 63.1 Å². The summed E-state index contributed by atoms with van der Waals surface area (Å²) in [7, 11) is 6.98. The van der Waals surface area contributed by atoms with E-state index in [1.54, 1.807) is 34.8 Å². The number of likely N-dealkylation sites (N-methyl/N-ethyl adjacent to an activating group) is 1. The van der Waals surface area contributed by atoms with Crippen molar-refractivity contribution in [1.82, 2.24) is 4.90 Å². The van der Waals surface area contributed by atoms with Crippen LogP contribution in [0.15, 0.2) is 4.99 Å². The molecule has 18 atom stereocenters. The number of carbonyl (C=O) groups excluding carboxylic acids is 1. The summed E-state index contributed by atoms with van der Waals surface area (Å²) in [5.41, 5.74) is -4.24.